The molecule has 3 unspecified atom stereocenters. The molecule has 0 aromatic rings. The highest BCUT2D eigenvalue weighted by Gasteiger charge is 2.44. The van der Waals surface area contributed by atoms with Crippen LogP contribution in [-0.4, -0.2) is 56.8 Å². The van der Waals surface area contributed by atoms with Gasteiger partial charge in [0.05, 0.1) is 32.8 Å². The summed E-state index contributed by atoms with van der Waals surface area (Å²) in [6, 6.07) is 0. The first-order chi connectivity index (χ1) is 10.2. The Balaban J connectivity index is 2.81. The van der Waals surface area contributed by atoms with Gasteiger partial charge in [0.25, 0.3) is 0 Å². The number of hydrogen-bond acceptors (Lipinski definition) is 6. The van der Waals surface area contributed by atoms with E-state index in [-0.39, 0.29) is 24.5 Å². The van der Waals surface area contributed by atoms with Crippen LogP contribution in [0.5, 0.6) is 0 Å². The molecule has 2 N–H and O–H groups in total. The zero-order valence-electron chi connectivity index (χ0n) is 13.0. The average molecular weight is 372 g/mol. The Bertz CT molecular complexity index is 452. The van der Waals surface area contributed by atoms with Crippen molar-refractivity contribution >= 4 is 34.0 Å². The first-order valence-corrected chi connectivity index (χ1v) is 11.3. The fraction of sp³-hybridized carbons (Fsp3) is 1.00. The van der Waals surface area contributed by atoms with Crippen molar-refractivity contribution in [3.8, 4) is 0 Å². The predicted molar refractivity (Wildman–Crippen MR) is 87.7 cm³/mol. The highest BCUT2D eigenvalue weighted by molar-refractivity contribution is 8.07. The van der Waals surface area contributed by atoms with Gasteiger partial charge >= 0.3 is 14.3 Å². The lowest BCUT2D eigenvalue weighted by atomic mass is 9.83. The fourth-order valence-corrected chi connectivity index (χ4v) is 5.08. The van der Waals surface area contributed by atoms with Crippen molar-refractivity contribution in [2.24, 2.45) is 5.92 Å². The van der Waals surface area contributed by atoms with Crippen LogP contribution in [0.3, 0.4) is 0 Å². The van der Waals surface area contributed by atoms with Crippen LogP contribution in [0.1, 0.15) is 19.8 Å². The van der Waals surface area contributed by atoms with Crippen LogP contribution in [0, 0.1) is 5.92 Å². The molecular weight excluding hydrogens is 349 g/mol. The molecule has 128 valence electrons. The molecule has 2 radical (unpaired) electrons. The maximum absolute atomic E-state index is 11.6. The van der Waals surface area contributed by atoms with Gasteiger partial charge in [0.15, 0.2) is 0 Å². The normalized spacial score (nSPS) is 34.2. The minimum atomic E-state index is -3.61. The van der Waals surface area contributed by atoms with Crippen molar-refractivity contribution < 1.29 is 32.7 Å². The quantitative estimate of drug-likeness (QED) is 0.468. The molecule has 0 aromatic carbocycles. The minimum absolute atomic E-state index is 0.0277. The first kappa shape index (κ1) is 20.7. The molecule has 7 nitrogen and oxygen atoms in total. The minimum Gasteiger partial charge on any atom is -0.379 e. The lowest BCUT2D eigenvalue weighted by Gasteiger charge is -2.28. The van der Waals surface area contributed by atoms with Crippen molar-refractivity contribution in [3.63, 3.8) is 0 Å². The van der Waals surface area contributed by atoms with E-state index in [4.69, 9.17) is 33.4 Å². The Morgan fingerprint density at radius 3 is 2.45 bits per heavy atom. The number of methoxy groups -OCH3 is 1. The van der Waals surface area contributed by atoms with Gasteiger partial charge in [0.2, 0.25) is 0 Å². The third-order valence-electron chi connectivity index (χ3n) is 3.67. The van der Waals surface area contributed by atoms with Crippen LogP contribution in [0.25, 0.3) is 0 Å². The summed E-state index contributed by atoms with van der Waals surface area (Å²) in [6.45, 7) is -1.46. The lowest BCUT2D eigenvalue weighted by Crippen LogP contribution is -2.31. The molecule has 1 aliphatic rings. The molecule has 0 saturated heterocycles. The van der Waals surface area contributed by atoms with Crippen LogP contribution in [-0.2, 0) is 34.7 Å². The van der Waals surface area contributed by atoms with Crippen molar-refractivity contribution in [1.82, 2.24) is 0 Å². The fourth-order valence-electron chi connectivity index (χ4n) is 2.63. The smallest absolute Gasteiger partial charge is 0.327 e. The van der Waals surface area contributed by atoms with Gasteiger partial charge in [-0.05, 0) is 36.9 Å². The van der Waals surface area contributed by atoms with E-state index in [1.54, 1.807) is 6.92 Å². The van der Waals surface area contributed by atoms with E-state index in [1.165, 1.54) is 14.2 Å². The van der Waals surface area contributed by atoms with E-state index >= 15 is 0 Å². The van der Waals surface area contributed by atoms with Gasteiger partial charge in [0.1, 0.15) is 0 Å². The Labute approximate surface area is 137 Å². The van der Waals surface area contributed by atoms with Crippen LogP contribution in [0.4, 0.5) is 0 Å². The van der Waals surface area contributed by atoms with Crippen molar-refractivity contribution in [1.29, 1.82) is 0 Å². The molecule has 0 bridgehead atoms. The second-order valence-corrected chi connectivity index (χ2v) is 10.0. The second kappa shape index (κ2) is 8.70. The van der Waals surface area contributed by atoms with E-state index < -0.39 is 26.5 Å². The molecule has 6 atom stereocenters. The number of ether oxygens (including phenoxy) is 1. The Kier molecular flexibility index (Phi) is 8.20. The number of hydrogen-bond donors (Lipinski definition) is 2. The summed E-state index contributed by atoms with van der Waals surface area (Å²) in [7, 11) is 5.10. The third-order valence-corrected chi connectivity index (χ3v) is 6.74. The van der Waals surface area contributed by atoms with E-state index in [0.29, 0.717) is 12.8 Å². The SMILES string of the molecule is [B]C1C[C@H](CCP(=O)(O)OC)[C@@H](OP(O)(=S)OCC)[C@H]1OC. The molecule has 0 amide bonds. The Hall–Kier alpha value is 0.705. The van der Waals surface area contributed by atoms with Crippen LogP contribution in [0.2, 0.25) is 5.82 Å². The van der Waals surface area contributed by atoms with Gasteiger partial charge in [-0.1, -0.05) is 6.42 Å². The summed E-state index contributed by atoms with van der Waals surface area (Å²) < 4.78 is 32.2. The molecule has 11 heteroatoms. The maximum atomic E-state index is 11.6. The molecule has 1 rings (SSSR count). The van der Waals surface area contributed by atoms with Crippen LogP contribution in [0.15, 0.2) is 0 Å². The number of rotatable bonds is 9. The van der Waals surface area contributed by atoms with Crippen molar-refractivity contribution in [3.05, 3.63) is 0 Å². The predicted octanol–water partition coefficient (Wildman–Crippen LogP) is 1.84. The zero-order valence-corrected chi connectivity index (χ0v) is 15.6. The molecule has 1 aliphatic carbocycles. The van der Waals surface area contributed by atoms with Gasteiger partial charge in [0, 0.05) is 14.2 Å². The molecule has 1 saturated carbocycles. The van der Waals surface area contributed by atoms with Crippen molar-refractivity contribution in [2.45, 2.75) is 37.8 Å². The second-order valence-electron chi connectivity index (χ2n) is 5.15. The summed E-state index contributed by atoms with van der Waals surface area (Å²) in [5, 5.41) is 0. The van der Waals surface area contributed by atoms with E-state index in [1.807, 2.05) is 0 Å². The third kappa shape index (κ3) is 5.97. The van der Waals surface area contributed by atoms with Gasteiger partial charge in [-0.2, -0.15) is 0 Å². The van der Waals surface area contributed by atoms with Crippen LogP contribution < -0.4 is 0 Å². The summed E-state index contributed by atoms with van der Waals surface area (Å²) >= 11 is 4.95. The van der Waals surface area contributed by atoms with Crippen molar-refractivity contribution in [2.75, 3.05) is 27.0 Å². The van der Waals surface area contributed by atoms with Gasteiger partial charge in [-0.15, -0.1) is 0 Å². The van der Waals surface area contributed by atoms with E-state index in [2.05, 4.69) is 4.52 Å². The average Bonchev–Trinajstić information content (AvgIpc) is 2.71. The zero-order chi connectivity index (χ0) is 17.0. The van der Waals surface area contributed by atoms with Gasteiger partial charge in [-0.25, -0.2) is 0 Å². The van der Waals surface area contributed by atoms with E-state index in [0.717, 1.165) is 0 Å². The summed E-state index contributed by atoms with van der Waals surface area (Å²) in [5.41, 5.74) is 0. The standard InChI is InChI=1S/C11H23BO7P2S/c1-4-18-21(15,22)19-10-8(5-6-20(13,14)17-3)7-9(12)11(10)16-2/h8-11H,4-7H2,1-3H3,(H,13,14)(H,15,22)/t8-,9?,10+,11-,21?/m0/s1. The van der Waals surface area contributed by atoms with Gasteiger partial charge in [-0.3, -0.25) is 4.57 Å². The molecule has 0 aromatic heterocycles. The topological polar surface area (TPSA) is 94.5 Å². The first-order valence-electron chi connectivity index (χ1n) is 6.97. The summed E-state index contributed by atoms with van der Waals surface area (Å²) in [4.78, 5) is 19.5. The Morgan fingerprint density at radius 1 is 1.32 bits per heavy atom. The van der Waals surface area contributed by atoms with Gasteiger partial charge < -0.3 is 28.1 Å². The molecular formula is C11H23BO7P2S. The summed E-state index contributed by atoms with van der Waals surface area (Å²) in [5.74, 6) is -0.484. The highest BCUT2D eigenvalue weighted by Crippen LogP contribution is 2.52. The molecule has 0 heterocycles. The molecule has 1 fully saturated rings. The summed E-state index contributed by atoms with van der Waals surface area (Å²) in [6.07, 6.45) is -0.185. The monoisotopic (exact) mass is 372 g/mol. The lowest BCUT2D eigenvalue weighted by molar-refractivity contribution is -0.00317. The highest BCUT2D eigenvalue weighted by atomic mass is 32.5. The Morgan fingerprint density at radius 2 is 1.95 bits per heavy atom. The molecule has 22 heavy (non-hydrogen) atoms. The maximum Gasteiger partial charge on any atom is 0.327 e. The molecule has 0 spiro atoms. The van der Waals surface area contributed by atoms with E-state index in [9.17, 15) is 14.4 Å². The van der Waals surface area contributed by atoms with Crippen LogP contribution >= 0.6 is 14.3 Å². The largest absolute Gasteiger partial charge is 0.379 e. The molecule has 0 aliphatic heterocycles.